The van der Waals surface area contributed by atoms with E-state index in [0.717, 1.165) is 15.7 Å². The highest BCUT2D eigenvalue weighted by Gasteiger charge is 2.17. The lowest BCUT2D eigenvalue weighted by atomic mass is 10.2. The molecule has 4 rings (SSSR count). The third-order valence-corrected chi connectivity index (χ3v) is 5.81. The van der Waals surface area contributed by atoms with Gasteiger partial charge in [0.15, 0.2) is 11.0 Å². The van der Waals surface area contributed by atoms with E-state index in [1.807, 2.05) is 59.2 Å². The molecule has 0 fully saturated rings. The number of aromatic nitrogens is 3. The van der Waals surface area contributed by atoms with Crippen molar-refractivity contribution >= 4 is 39.8 Å². The molecule has 160 valence electrons. The van der Waals surface area contributed by atoms with Gasteiger partial charge >= 0.3 is 0 Å². The molecule has 0 aliphatic carbocycles. The molecule has 1 aromatic heterocycles. The van der Waals surface area contributed by atoms with E-state index in [9.17, 15) is 9.90 Å². The molecule has 0 unspecified atom stereocenters. The maximum atomic E-state index is 12.3. The summed E-state index contributed by atoms with van der Waals surface area (Å²) in [5.74, 6) is 0.661. The van der Waals surface area contributed by atoms with Crippen molar-refractivity contribution in [2.24, 2.45) is 5.10 Å². The van der Waals surface area contributed by atoms with Gasteiger partial charge in [-0.2, -0.15) is 5.10 Å². The number of hydrogen-bond donors (Lipinski definition) is 2. The van der Waals surface area contributed by atoms with Crippen LogP contribution in [0.5, 0.6) is 5.75 Å². The number of halogens is 1. The number of carbonyl (C=O) groups is 1. The van der Waals surface area contributed by atoms with E-state index in [-0.39, 0.29) is 17.4 Å². The van der Waals surface area contributed by atoms with Crippen LogP contribution in [0.15, 0.2) is 93.6 Å². The largest absolute Gasteiger partial charge is 0.508 e. The summed E-state index contributed by atoms with van der Waals surface area (Å²) in [5, 5.41) is 22.7. The Hall–Kier alpha value is -3.43. The molecule has 0 saturated carbocycles. The predicted molar refractivity (Wildman–Crippen MR) is 129 cm³/mol. The van der Waals surface area contributed by atoms with Crippen LogP contribution in [-0.4, -0.2) is 37.7 Å². The lowest BCUT2D eigenvalue weighted by molar-refractivity contribution is -0.118. The highest BCUT2D eigenvalue weighted by atomic mass is 79.9. The molecule has 4 aromatic rings. The Kier molecular flexibility index (Phi) is 6.98. The number of rotatable bonds is 7. The predicted octanol–water partition coefficient (Wildman–Crippen LogP) is 4.64. The van der Waals surface area contributed by atoms with Crippen molar-refractivity contribution in [2.45, 2.75) is 5.16 Å². The van der Waals surface area contributed by atoms with E-state index in [0.29, 0.717) is 16.5 Å². The number of carbonyl (C=O) groups excluding carboxylic acids is 1. The molecule has 32 heavy (non-hydrogen) atoms. The van der Waals surface area contributed by atoms with Crippen LogP contribution in [0.1, 0.15) is 5.56 Å². The Balaban J connectivity index is 1.50. The first kappa shape index (κ1) is 21.8. The first-order valence-electron chi connectivity index (χ1n) is 9.60. The van der Waals surface area contributed by atoms with E-state index in [2.05, 4.69) is 36.7 Å². The average Bonchev–Trinajstić information content (AvgIpc) is 3.23. The molecule has 0 saturated heterocycles. The molecule has 2 N–H and O–H groups in total. The Morgan fingerprint density at radius 1 is 1.06 bits per heavy atom. The number of benzene rings is 3. The lowest BCUT2D eigenvalue weighted by Gasteiger charge is -2.10. The van der Waals surface area contributed by atoms with E-state index in [1.54, 1.807) is 24.3 Å². The normalized spacial score (nSPS) is 11.0. The van der Waals surface area contributed by atoms with Gasteiger partial charge in [0.1, 0.15) is 5.75 Å². The van der Waals surface area contributed by atoms with Gasteiger partial charge in [-0.25, -0.2) is 5.43 Å². The lowest BCUT2D eigenvalue weighted by Crippen LogP contribution is -2.20. The van der Waals surface area contributed by atoms with Gasteiger partial charge in [0, 0.05) is 15.7 Å². The number of nitrogens with zero attached hydrogens (tertiary/aromatic N) is 4. The van der Waals surface area contributed by atoms with Gasteiger partial charge in [-0.05, 0) is 42.0 Å². The standard InChI is InChI=1S/C23H18BrN5O2S/c24-18-9-11-19(12-10-18)29-22(17-6-2-1-3-7-17)27-28-23(29)32-15-21(31)26-25-14-16-5-4-8-20(30)13-16/h1-14,30H,15H2,(H,26,31)/b25-14+. The summed E-state index contributed by atoms with van der Waals surface area (Å²) in [7, 11) is 0. The third kappa shape index (κ3) is 5.43. The number of hydrogen-bond acceptors (Lipinski definition) is 6. The molecule has 0 spiro atoms. The Morgan fingerprint density at radius 2 is 1.84 bits per heavy atom. The molecule has 1 heterocycles. The topological polar surface area (TPSA) is 92.4 Å². The molecule has 0 bridgehead atoms. The van der Waals surface area contributed by atoms with Crippen molar-refractivity contribution < 1.29 is 9.90 Å². The van der Waals surface area contributed by atoms with Crippen molar-refractivity contribution in [3.63, 3.8) is 0 Å². The summed E-state index contributed by atoms with van der Waals surface area (Å²) in [6, 6.07) is 24.2. The van der Waals surface area contributed by atoms with Crippen LogP contribution in [0.25, 0.3) is 17.1 Å². The zero-order chi connectivity index (χ0) is 22.3. The quantitative estimate of drug-likeness (QED) is 0.216. The highest BCUT2D eigenvalue weighted by molar-refractivity contribution is 9.10. The number of thioether (sulfide) groups is 1. The van der Waals surface area contributed by atoms with Crippen LogP contribution >= 0.6 is 27.7 Å². The van der Waals surface area contributed by atoms with Gasteiger partial charge in [-0.15, -0.1) is 10.2 Å². The summed E-state index contributed by atoms with van der Waals surface area (Å²) in [4.78, 5) is 12.3. The highest BCUT2D eigenvalue weighted by Crippen LogP contribution is 2.28. The Bertz CT molecular complexity index is 1240. The fourth-order valence-electron chi connectivity index (χ4n) is 2.91. The van der Waals surface area contributed by atoms with Crippen molar-refractivity contribution in [3.05, 3.63) is 88.9 Å². The van der Waals surface area contributed by atoms with Gasteiger partial charge in [0.2, 0.25) is 0 Å². The summed E-state index contributed by atoms with van der Waals surface area (Å²) in [6.45, 7) is 0. The van der Waals surface area contributed by atoms with Crippen molar-refractivity contribution in [1.82, 2.24) is 20.2 Å². The van der Waals surface area contributed by atoms with E-state index in [1.165, 1.54) is 18.0 Å². The molecule has 3 aromatic carbocycles. The maximum Gasteiger partial charge on any atom is 0.250 e. The molecule has 0 aliphatic heterocycles. The van der Waals surface area contributed by atoms with Gasteiger partial charge in [-0.3, -0.25) is 9.36 Å². The number of phenols is 1. The summed E-state index contributed by atoms with van der Waals surface area (Å²) in [5.41, 5.74) is 4.99. The monoisotopic (exact) mass is 507 g/mol. The van der Waals surface area contributed by atoms with Crippen LogP contribution in [0.4, 0.5) is 0 Å². The van der Waals surface area contributed by atoms with E-state index >= 15 is 0 Å². The second-order valence-corrected chi connectivity index (χ2v) is 8.52. The number of nitrogens with one attached hydrogen (secondary N) is 1. The minimum Gasteiger partial charge on any atom is -0.508 e. The van der Waals surface area contributed by atoms with Crippen LogP contribution in [0.3, 0.4) is 0 Å². The second-order valence-electron chi connectivity index (χ2n) is 6.66. The average molecular weight is 508 g/mol. The molecule has 0 atom stereocenters. The summed E-state index contributed by atoms with van der Waals surface area (Å²) in [6.07, 6.45) is 1.47. The zero-order valence-corrected chi connectivity index (χ0v) is 19.1. The summed E-state index contributed by atoms with van der Waals surface area (Å²) >= 11 is 4.73. The SMILES string of the molecule is O=C(CSc1nnc(-c2ccccc2)n1-c1ccc(Br)cc1)N/N=C/c1cccc(O)c1. The van der Waals surface area contributed by atoms with Crippen LogP contribution in [0, 0.1) is 0 Å². The van der Waals surface area contributed by atoms with Crippen molar-refractivity contribution in [3.8, 4) is 22.8 Å². The van der Waals surface area contributed by atoms with Crippen molar-refractivity contribution in [1.29, 1.82) is 0 Å². The first-order chi connectivity index (χ1) is 15.6. The second kappa shape index (κ2) is 10.3. The Morgan fingerprint density at radius 3 is 2.59 bits per heavy atom. The number of aromatic hydroxyl groups is 1. The fraction of sp³-hybridized carbons (Fsp3) is 0.0435. The third-order valence-electron chi connectivity index (χ3n) is 4.36. The van der Waals surface area contributed by atoms with Gasteiger partial charge in [0.05, 0.1) is 12.0 Å². The molecule has 7 nitrogen and oxygen atoms in total. The molecule has 9 heteroatoms. The molecule has 0 radical (unpaired) electrons. The van der Waals surface area contributed by atoms with Crippen LogP contribution in [0.2, 0.25) is 0 Å². The molecular formula is C23H18BrN5O2S. The first-order valence-corrected chi connectivity index (χ1v) is 11.4. The maximum absolute atomic E-state index is 12.3. The number of hydrazone groups is 1. The minimum absolute atomic E-state index is 0.112. The molecule has 1 amide bonds. The molecular weight excluding hydrogens is 490 g/mol. The molecule has 0 aliphatic rings. The fourth-order valence-corrected chi connectivity index (χ4v) is 3.92. The van der Waals surface area contributed by atoms with E-state index in [4.69, 9.17) is 0 Å². The Labute approximate surface area is 197 Å². The number of amides is 1. The number of phenolic OH excluding ortho intramolecular Hbond substituents is 1. The van der Waals surface area contributed by atoms with Gasteiger partial charge < -0.3 is 5.11 Å². The summed E-state index contributed by atoms with van der Waals surface area (Å²) < 4.78 is 2.89. The van der Waals surface area contributed by atoms with Gasteiger partial charge in [0.25, 0.3) is 5.91 Å². The van der Waals surface area contributed by atoms with Crippen LogP contribution < -0.4 is 5.43 Å². The minimum atomic E-state index is -0.280. The zero-order valence-electron chi connectivity index (χ0n) is 16.7. The van der Waals surface area contributed by atoms with E-state index < -0.39 is 0 Å². The smallest absolute Gasteiger partial charge is 0.250 e. The van der Waals surface area contributed by atoms with Crippen LogP contribution in [-0.2, 0) is 4.79 Å². The van der Waals surface area contributed by atoms with Crippen molar-refractivity contribution in [2.75, 3.05) is 5.75 Å². The van der Waals surface area contributed by atoms with Gasteiger partial charge in [-0.1, -0.05) is 70.2 Å².